The number of carbonyl (C=O) groups is 1. The van der Waals surface area contributed by atoms with Crippen molar-refractivity contribution in [2.24, 2.45) is 0 Å². The van der Waals surface area contributed by atoms with E-state index in [1.165, 1.54) is 29.8 Å². The molecule has 0 aliphatic carbocycles. The molecule has 5 rings (SSSR count). The summed E-state index contributed by atoms with van der Waals surface area (Å²) in [4.78, 5) is 31.5. The smallest absolute Gasteiger partial charge is 0.475 e. The second-order valence-electron chi connectivity index (χ2n) is 15.8. The van der Waals surface area contributed by atoms with Gasteiger partial charge in [-0.1, -0.05) is 13.0 Å². The predicted octanol–water partition coefficient (Wildman–Crippen LogP) is 8.47. The molecular formula is C40H57FN7O7PS. The standard InChI is InChI=1S/C40H57FN7O7PS/c1-9-47(18-20-53-56(50,54-39(2,3)4)55-40(5,6)7)26-30-15-11-16-48(30)17-12-19-52-35-24-33-32(23-34(35)51-8)37(44-27-43-33)46-38-42-25-31(57-38)22-36(49)45-29-14-10-13-28(41)21-29/h10,13-14,21,23-25,27,30H,9,11-12,15-20,22,26H2,1-8H3,(H,45,49)(H,42,43,44,46)/t30-/m0/s1. The van der Waals surface area contributed by atoms with Crippen LogP contribution in [0.1, 0.15) is 72.6 Å². The maximum Gasteiger partial charge on any atom is 0.475 e. The van der Waals surface area contributed by atoms with Crippen molar-refractivity contribution in [3.8, 4) is 11.5 Å². The average Bonchev–Trinajstić information content (AvgIpc) is 3.76. The number of rotatable bonds is 20. The van der Waals surface area contributed by atoms with Crippen molar-refractivity contribution in [1.82, 2.24) is 24.8 Å². The van der Waals surface area contributed by atoms with Gasteiger partial charge in [-0.25, -0.2) is 23.9 Å². The number of aromatic nitrogens is 3. The number of benzene rings is 2. The van der Waals surface area contributed by atoms with Gasteiger partial charge in [-0.15, -0.1) is 11.3 Å². The molecule has 57 heavy (non-hydrogen) atoms. The summed E-state index contributed by atoms with van der Waals surface area (Å²) in [6.45, 7) is 18.1. The van der Waals surface area contributed by atoms with Crippen molar-refractivity contribution in [3.05, 3.63) is 59.6 Å². The first-order valence-electron chi connectivity index (χ1n) is 19.4. The molecular weight excluding hydrogens is 773 g/mol. The van der Waals surface area contributed by atoms with Gasteiger partial charge in [-0.05, 0) is 98.2 Å². The van der Waals surface area contributed by atoms with Crippen molar-refractivity contribution >= 4 is 52.6 Å². The summed E-state index contributed by atoms with van der Waals surface area (Å²) >= 11 is 1.32. The fourth-order valence-corrected chi connectivity index (χ4v) is 9.06. The summed E-state index contributed by atoms with van der Waals surface area (Å²) in [6.07, 6.45) is 6.26. The van der Waals surface area contributed by atoms with E-state index in [0.717, 1.165) is 55.7 Å². The number of methoxy groups -OCH3 is 1. The van der Waals surface area contributed by atoms with Crippen LogP contribution in [-0.4, -0.2) is 101 Å². The molecule has 1 aliphatic heterocycles. The van der Waals surface area contributed by atoms with Gasteiger partial charge in [0.15, 0.2) is 16.6 Å². The molecule has 0 spiro atoms. The number of hydrogen-bond acceptors (Lipinski definition) is 14. The van der Waals surface area contributed by atoms with Crippen LogP contribution in [0.25, 0.3) is 10.9 Å². The Bertz CT molecular complexity index is 1970. The Balaban J connectivity index is 1.11. The Morgan fingerprint density at radius 2 is 1.82 bits per heavy atom. The summed E-state index contributed by atoms with van der Waals surface area (Å²) in [6, 6.07) is 9.86. The van der Waals surface area contributed by atoms with Gasteiger partial charge in [0.25, 0.3) is 0 Å². The maximum atomic E-state index is 13.5. The zero-order chi connectivity index (χ0) is 41.2. The van der Waals surface area contributed by atoms with Crippen LogP contribution in [-0.2, 0) is 29.4 Å². The number of halogens is 1. The summed E-state index contributed by atoms with van der Waals surface area (Å²) in [5.41, 5.74) is -0.293. The van der Waals surface area contributed by atoms with E-state index in [9.17, 15) is 13.8 Å². The van der Waals surface area contributed by atoms with Gasteiger partial charge in [0.05, 0.1) is 43.5 Å². The lowest BCUT2D eigenvalue weighted by Crippen LogP contribution is -2.42. The predicted molar refractivity (Wildman–Crippen MR) is 222 cm³/mol. The molecule has 1 aliphatic rings. The molecule has 1 atom stereocenters. The van der Waals surface area contributed by atoms with Gasteiger partial charge >= 0.3 is 7.82 Å². The first kappa shape index (κ1) is 44.3. The van der Waals surface area contributed by atoms with Crippen molar-refractivity contribution in [2.45, 2.75) is 91.4 Å². The van der Waals surface area contributed by atoms with Crippen LogP contribution >= 0.6 is 19.2 Å². The van der Waals surface area contributed by atoms with Crippen LogP contribution in [0.15, 0.2) is 48.9 Å². The molecule has 2 aromatic heterocycles. The van der Waals surface area contributed by atoms with Crippen LogP contribution in [0.4, 0.5) is 21.0 Å². The zero-order valence-corrected chi connectivity index (χ0v) is 36.0. The average molecular weight is 830 g/mol. The molecule has 14 nitrogen and oxygen atoms in total. The molecule has 2 aromatic carbocycles. The van der Waals surface area contributed by atoms with Gasteiger partial charge in [0, 0.05) is 53.9 Å². The van der Waals surface area contributed by atoms with E-state index in [-0.39, 0.29) is 18.9 Å². The number of likely N-dealkylation sites (tertiary alicyclic amines) is 1. The molecule has 0 saturated carbocycles. The summed E-state index contributed by atoms with van der Waals surface area (Å²) < 4.78 is 56.3. The number of phosphoric ester groups is 1. The normalized spacial score (nSPS) is 15.4. The van der Waals surface area contributed by atoms with Crippen LogP contribution in [0.5, 0.6) is 11.5 Å². The Kier molecular flexibility index (Phi) is 15.4. The molecule has 0 unspecified atom stereocenters. The second-order valence-corrected chi connectivity index (χ2v) is 18.5. The van der Waals surface area contributed by atoms with Gasteiger partial charge < -0.3 is 20.1 Å². The van der Waals surface area contributed by atoms with E-state index in [2.05, 4.69) is 42.3 Å². The fourth-order valence-electron chi connectivity index (χ4n) is 6.46. The third kappa shape index (κ3) is 13.9. The highest BCUT2D eigenvalue weighted by Gasteiger charge is 2.37. The SMILES string of the molecule is CCN(CCOP(=O)(OC(C)(C)C)OC(C)(C)C)C[C@@H]1CCCN1CCCOc1cc2ncnc(Nc3ncc(CC(=O)Nc4cccc(F)c4)s3)c2cc1OC. The van der Waals surface area contributed by atoms with Crippen LogP contribution < -0.4 is 20.1 Å². The monoisotopic (exact) mass is 829 g/mol. The minimum absolute atomic E-state index is 0.0906. The number of carbonyl (C=O) groups excluding carboxylic acids is 1. The number of nitrogens with one attached hydrogen (secondary N) is 2. The molecule has 312 valence electrons. The van der Waals surface area contributed by atoms with Gasteiger partial charge in [0.2, 0.25) is 5.91 Å². The lowest BCUT2D eigenvalue weighted by molar-refractivity contribution is -0.115. The molecule has 0 bridgehead atoms. The van der Waals surface area contributed by atoms with Crippen LogP contribution in [0.3, 0.4) is 0 Å². The maximum absolute atomic E-state index is 13.5. The van der Waals surface area contributed by atoms with Gasteiger partial charge in [0.1, 0.15) is 18.0 Å². The van der Waals surface area contributed by atoms with E-state index in [0.29, 0.717) is 52.8 Å². The summed E-state index contributed by atoms with van der Waals surface area (Å²) in [5, 5.41) is 7.23. The third-order valence-corrected chi connectivity index (χ3v) is 11.8. The van der Waals surface area contributed by atoms with Crippen molar-refractivity contribution in [3.63, 3.8) is 0 Å². The van der Waals surface area contributed by atoms with Crippen molar-refractivity contribution in [2.75, 3.05) is 63.7 Å². The van der Waals surface area contributed by atoms with Gasteiger partial charge in [-0.2, -0.15) is 0 Å². The fraction of sp³-hybridized carbons (Fsp3) is 0.550. The number of thiazole rings is 1. The second kappa shape index (κ2) is 19.8. The van der Waals surface area contributed by atoms with E-state index in [1.807, 2.05) is 53.7 Å². The molecule has 1 amide bonds. The number of amides is 1. The van der Waals surface area contributed by atoms with Crippen molar-refractivity contribution < 1.29 is 36.8 Å². The third-order valence-electron chi connectivity index (χ3n) is 8.83. The van der Waals surface area contributed by atoms with E-state index >= 15 is 0 Å². The number of hydrogen-bond donors (Lipinski definition) is 2. The Morgan fingerprint density at radius 3 is 2.53 bits per heavy atom. The Hall–Kier alpha value is -3.76. The number of nitrogens with zero attached hydrogens (tertiary/aromatic N) is 5. The molecule has 1 fully saturated rings. The minimum Gasteiger partial charge on any atom is -0.493 e. The quantitative estimate of drug-likeness (QED) is 0.0649. The summed E-state index contributed by atoms with van der Waals surface area (Å²) in [5.74, 6) is 0.990. The highest BCUT2D eigenvalue weighted by atomic mass is 32.1. The first-order chi connectivity index (χ1) is 27.0. The van der Waals surface area contributed by atoms with E-state index in [4.69, 9.17) is 23.0 Å². The minimum atomic E-state index is -3.76. The number of fused-ring (bicyclic) bond motifs is 1. The molecule has 2 N–H and O–H groups in total. The van der Waals surface area contributed by atoms with Crippen LogP contribution in [0, 0.1) is 5.82 Å². The molecule has 0 radical (unpaired) electrons. The van der Waals surface area contributed by atoms with E-state index in [1.54, 1.807) is 25.4 Å². The number of likely N-dealkylation sites (N-methyl/N-ethyl adjacent to an activating group) is 1. The van der Waals surface area contributed by atoms with E-state index < -0.39 is 24.8 Å². The number of anilines is 3. The molecule has 4 aromatic rings. The Morgan fingerprint density at radius 1 is 1.05 bits per heavy atom. The van der Waals surface area contributed by atoms with Gasteiger partial charge in [-0.3, -0.25) is 28.2 Å². The lowest BCUT2D eigenvalue weighted by atomic mass is 10.2. The van der Waals surface area contributed by atoms with Crippen molar-refractivity contribution in [1.29, 1.82) is 0 Å². The first-order valence-corrected chi connectivity index (χ1v) is 21.6. The topological polar surface area (TPSA) is 150 Å². The highest BCUT2D eigenvalue weighted by molar-refractivity contribution is 7.48. The molecule has 3 heterocycles. The molecule has 1 saturated heterocycles. The highest BCUT2D eigenvalue weighted by Crippen LogP contribution is 2.55. The number of ether oxygens (including phenoxy) is 2. The largest absolute Gasteiger partial charge is 0.493 e. The summed E-state index contributed by atoms with van der Waals surface area (Å²) in [7, 11) is -2.16. The van der Waals surface area contributed by atoms with Crippen LogP contribution in [0.2, 0.25) is 0 Å². The molecule has 17 heteroatoms. The Labute approximate surface area is 339 Å². The number of phosphoric acid groups is 1. The zero-order valence-electron chi connectivity index (χ0n) is 34.3. The lowest BCUT2D eigenvalue weighted by Gasteiger charge is -2.32.